The second-order valence-corrected chi connectivity index (χ2v) is 6.33. The molecule has 1 unspecified atom stereocenters. The van der Waals surface area contributed by atoms with E-state index in [1.165, 1.54) is 19.2 Å². The third kappa shape index (κ3) is 2.56. The highest BCUT2D eigenvalue weighted by atomic mass is 16.5. The van der Waals surface area contributed by atoms with Crippen molar-refractivity contribution >= 4 is 0 Å². The first-order valence-corrected chi connectivity index (χ1v) is 7.79. The van der Waals surface area contributed by atoms with Gasteiger partial charge in [0.1, 0.15) is 0 Å². The molecule has 2 fully saturated rings. The van der Waals surface area contributed by atoms with Crippen LogP contribution < -0.4 is 5.56 Å². The average Bonchev–Trinajstić information content (AvgIpc) is 3.18. The van der Waals surface area contributed by atoms with Crippen LogP contribution in [0.25, 0.3) is 0 Å². The van der Waals surface area contributed by atoms with E-state index in [2.05, 4.69) is 27.1 Å². The van der Waals surface area contributed by atoms with E-state index in [9.17, 15) is 4.79 Å². The van der Waals surface area contributed by atoms with Gasteiger partial charge in [-0.2, -0.15) is 10.1 Å². The Kier molecular flexibility index (Phi) is 3.29. The Labute approximate surface area is 127 Å². The van der Waals surface area contributed by atoms with Crippen LogP contribution in [-0.2, 0) is 6.54 Å². The van der Waals surface area contributed by atoms with E-state index in [1.807, 2.05) is 6.07 Å². The number of nitrogens with zero attached hydrogens (tertiary/aromatic N) is 5. The monoisotopic (exact) mass is 301 g/mol. The van der Waals surface area contributed by atoms with Gasteiger partial charge in [0, 0.05) is 31.0 Å². The first-order chi connectivity index (χ1) is 10.7. The van der Waals surface area contributed by atoms with Crippen molar-refractivity contribution in [2.75, 3.05) is 13.1 Å². The molecule has 0 amide bonds. The standard InChI is InChI=1S/C15H19N5O2/c1-10(15-16-9-17-22-15)19-6-11(7-19)8-20-14(21)5-4-13(18-20)12-2-3-12/h4-5,9-12H,2-3,6-8H2,1H3. The molecule has 0 spiro atoms. The molecule has 1 aliphatic carbocycles. The van der Waals surface area contributed by atoms with E-state index >= 15 is 0 Å². The normalized spacial score (nSPS) is 20.8. The molecule has 22 heavy (non-hydrogen) atoms. The van der Waals surface area contributed by atoms with E-state index in [4.69, 9.17) is 4.52 Å². The maximum atomic E-state index is 11.9. The number of hydrogen-bond donors (Lipinski definition) is 0. The zero-order valence-electron chi connectivity index (χ0n) is 12.6. The second kappa shape index (κ2) is 5.31. The Hall–Kier alpha value is -2.02. The SMILES string of the molecule is CC(c1ncno1)N1CC(Cn2nc(C3CC3)ccc2=O)C1. The van der Waals surface area contributed by atoms with E-state index in [0.717, 1.165) is 18.8 Å². The minimum atomic E-state index is -0.00667. The smallest absolute Gasteiger partial charge is 0.266 e. The van der Waals surface area contributed by atoms with Crippen LogP contribution in [0.2, 0.25) is 0 Å². The summed E-state index contributed by atoms with van der Waals surface area (Å²) in [5.41, 5.74) is 1.06. The lowest BCUT2D eigenvalue weighted by Gasteiger charge is -2.41. The summed E-state index contributed by atoms with van der Waals surface area (Å²) in [6.07, 6.45) is 3.82. The molecule has 0 bridgehead atoms. The fourth-order valence-electron chi connectivity index (χ4n) is 3.00. The van der Waals surface area contributed by atoms with Gasteiger partial charge in [0.15, 0.2) is 6.33 Å². The Bertz CT molecular complexity index is 701. The molecule has 0 N–H and O–H groups in total. The average molecular weight is 301 g/mol. The Morgan fingerprint density at radius 2 is 2.18 bits per heavy atom. The molecular weight excluding hydrogens is 282 g/mol. The highest BCUT2D eigenvalue weighted by Gasteiger charge is 2.34. The summed E-state index contributed by atoms with van der Waals surface area (Å²) in [6.45, 7) is 4.59. The molecule has 4 rings (SSSR count). The van der Waals surface area contributed by atoms with Gasteiger partial charge in [0.05, 0.1) is 18.3 Å². The lowest BCUT2D eigenvalue weighted by atomic mass is 9.98. The maximum Gasteiger partial charge on any atom is 0.266 e. The van der Waals surface area contributed by atoms with Gasteiger partial charge in [-0.1, -0.05) is 5.16 Å². The lowest BCUT2D eigenvalue weighted by Crippen LogP contribution is -2.50. The van der Waals surface area contributed by atoms with Gasteiger partial charge in [-0.3, -0.25) is 9.69 Å². The molecule has 0 aromatic carbocycles. The fourth-order valence-corrected chi connectivity index (χ4v) is 3.00. The van der Waals surface area contributed by atoms with Crippen LogP contribution in [-0.4, -0.2) is 37.9 Å². The van der Waals surface area contributed by atoms with Gasteiger partial charge in [-0.05, 0) is 25.8 Å². The van der Waals surface area contributed by atoms with E-state index in [-0.39, 0.29) is 11.6 Å². The number of rotatable bonds is 5. The van der Waals surface area contributed by atoms with Crippen molar-refractivity contribution in [1.82, 2.24) is 24.8 Å². The van der Waals surface area contributed by atoms with Crippen LogP contribution >= 0.6 is 0 Å². The van der Waals surface area contributed by atoms with Crippen LogP contribution in [0, 0.1) is 5.92 Å². The van der Waals surface area contributed by atoms with E-state index < -0.39 is 0 Å². The van der Waals surface area contributed by atoms with Crippen LogP contribution in [0.1, 0.15) is 43.3 Å². The topological polar surface area (TPSA) is 77.1 Å². The quantitative estimate of drug-likeness (QED) is 0.826. The molecule has 2 aromatic heterocycles. The first kappa shape index (κ1) is 13.6. The predicted molar refractivity (Wildman–Crippen MR) is 78.2 cm³/mol. The summed E-state index contributed by atoms with van der Waals surface area (Å²) in [5.74, 6) is 1.66. The summed E-state index contributed by atoms with van der Waals surface area (Å²) in [5, 5.41) is 8.17. The van der Waals surface area contributed by atoms with Crippen LogP contribution in [0.3, 0.4) is 0 Å². The molecule has 3 heterocycles. The molecule has 0 radical (unpaired) electrons. The van der Waals surface area contributed by atoms with E-state index in [1.54, 1.807) is 10.7 Å². The highest BCUT2D eigenvalue weighted by molar-refractivity contribution is 5.12. The third-order valence-electron chi connectivity index (χ3n) is 4.58. The van der Waals surface area contributed by atoms with Crippen LogP contribution in [0.15, 0.2) is 27.8 Å². The summed E-state index contributed by atoms with van der Waals surface area (Å²) < 4.78 is 6.74. The van der Waals surface area contributed by atoms with Crippen molar-refractivity contribution < 1.29 is 4.52 Å². The molecule has 7 heteroatoms. The van der Waals surface area contributed by atoms with Gasteiger partial charge >= 0.3 is 0 Å². The summed E-state index contributed by atoms with van der Waals surface area (Å²) in [6, 6.07) is 3.65. The molecule has 7 nitrogen and oxygen atoms in total. The first-order valence-electron chi connectivity index (χ1n) is 7.79. The van der Waals surface area contributed by atoms with Crippen molar-refractivity contribution in [3.05, 3.63) is 40.4 Å². The maximum absolute atomic E-state index is 11.9. The highest BCUT2D eigenvalue weighted by Crippen LogP contribution is 2.38. The Morgan fingerprint density at radius 1 is 1.36 bits per heavy atom. The van der Waals surface area contributed by atoms with Gasteiger partial charge in [-0.15, -0.1) is 0 Å². The largest absolute Gasteiger partial charge is 0.338 e. The van der Waals surface area contributed by atoms with Crippen molar-refractivity contribution in [3.63, 3.8) is 0 Å². The number of likely N-dealkylation sites (tertiary alicyclic amines) is 1. The summed E-state index contributed by atoms with van der Waals surface area (Å²) in [4.78, 5) is 18.3. The molecule has 1 aliphatic heterocycles. The molecule has 1 saturated heterocycles. The number of hydrogen-bond acceptors (Lipinski definition) is 6. The minimum Gasteiger partial charge on any atom is -0.338 e. The Morgan fingerprint density at radius 3 is 2.86 bits per heavy atom. The summed E-state index contributed by atoms with van der Waals surface area (Å²) in [7, 11) is 0. The van der Waals surface area contributed by atoms with Crippen molar-refractivity contribution in [2.45, 2.75) is 38.3 Å². The molecule has 1 atom stereocenters. The lowest BCUT2D eigenvalue weighted by molar-refractivity contribution is 0.0339. The van der Waals surface area contributed by atoms with Gasteiger partial charge in [-0.25, -0.2) is 4.68 Å². The molecule has 116 valence electrons. The van der Waals surface area contributed by atoms with Crippen molar-refractivity contribution in [3.8, 4) is 0 Å². The van der Waals surface area contributed by atoms with Gasteiger partial charge < -0.3 is 4.52 Å². The van der Waals surface area contributed by atoms with Crippen molar-refractivity contribution in [1.29, 1.82) is 0 Å². The fraction of sp³-hybridized carbons (Fsp3) is 0.600. The summed E-state index contributed by atoms with van der Waals surface area (Å²) >= 11 is 0. The van der Waals surface area contributed by atoms with Crippen molar-refractivity contribution in [2.24, 2.45) is 5.92 Å². The molecular formula is C15H19N5O2. The zero-order chi connectivity index (χ0) is 15.1. The van der Waals surface area contributed by atoms with Gasteiger partial charge in [0.2, 0.25) is 5.89 Å². The van der Waals surface area contributed by atoms with E-state index in [0.29, 0.717) is 24.3 Å². The second-order valence-electron chi connectivity index (χ2n) is 6.33. The minimum absolute atomic E-state index is 0.00667. The van der Waals surface area contributed by atoms with Crippen LogP contribution in [0.5, 0.6) is 0 Å². The molecule has 2 aliphatic rings. The molecule has 1 saturated carbocycles. The third-order valence-corrected chi connectivity index (χ3v) is 4.58. The molecule has 2 aromatic rings. The zero-order valence-corrected chi connectivity index (χ0v) is 12.6. The van der Waals surface area contributed by atoms with Gasteiger partial charge in [0.25, 0.3) is 5.56 Å². The van der Waals surface area contributed by atoms with Crippen LogP contribution in [0.4, 0.5) is 0 Å². The Balaban J connectivity index is 1.38. The predicted octanol–water partition coefficient (Wildman–Crippen LogP) is 1.20. The number of aromatic nitrogens is 4.